The van der Waals surface area contributed by atoms with Crippen LogP contribution < -0.4 is 5.32 Å². The summed E-state index contributed by atoms with van der Waals surface area (Å²) in [4.78, 5) is 16.3. The Morgan fingerprint density at radius 3 is 2.86 bits per heavy atom. The van der Waals surface area contributed by atoms with Crippen molar-refractivity contribution in [1.82, 2.24) is 15.5 Å². The van der Waals surface area contributed by atoms with Crippen LogP contribution in [0.25, 0.3) is 11.4 Å². The van der Waals surface area contributed by atoms with Crippen molar-refractivity contribution in [3.05, 3.63) is 47.3 Å². The summed E-state index contributed by atoms with van der Waals surface area (Å²) in [5, 5.41) is 7.42. The Morgan fingerprint density at radius 2 is 2.14 bits per heavy atom. The number of aromatic nitrogens is 2. The third-order valence-corrected chi connectivity index (χ3v) is 3.88. The van der Waals surface area contributed by atoms with Crippen LogP contribution in [0.1, 0.15) is 25.2 Å². The molecule has 1 amide bonds. The molecule has 22 heavy (non-hydrogen) atoms. The number of benzene rings is 1. The number of rotatable bonds is 4. The first-order chi connectivity index (χ1) is 10.7. The van der Waals surface area contributed by atoms with Crippen LogP contribution in [0.2, 0.25) is 5.02 Å². The Balaban J connectivity index is 1.58. The van der Waals surface area contributed by atoms with E-state index in [0.717, 1.165) is 24.8 Å². The molecule has 0 fully saturated rings. The number of allylic oxidation sites excluding steroid dienone is 2. The van der Waals surface area contributed by atoms with E-state index >= 15 is 0 Å². The monoisotopic (exact) mass is 317 g/mol. The minimum atomic E-state index is 0.0376. The molecule has 0 spiro atoms. The number of nitrogens with zero attached hydrogens (tertiary/aromatic N) is 2. The molecule has 1 heterocycles. The molecule has 0 aliphatic heterocycles. The Morgan fingerprint density at radius 1 is 1.32 bits per heavy atom. The molecule has 0 bridgehead atoms. The zero-order valence-corrected chi connectivity index (χ0v) is 12.7. The fourth-order valence-corrected chi connectivity index (χ4v) is 2.51. The van der Waals surface area contributed by atoms with Crippen molar-refractivity contribution in [2.24, 2.45) is 5.92 Å². The molecule has 114 valence electrons. The predicted molar refractivity (Wildman–Crippen MR) is 83.1 cm³/mol. The van der Waals surface area contributed by atoms with E-state index in [1.165, 1.54) is 0 Å². The second kappa shape index (κ2) is 6.75. The van der Waals surface area contributed by atoms with Crippen LogP contribution in [0.4, 0.5) is 0 Å². The van der Waals surface area contributed by atoms with Crippen LogP contribution in [0.5, 0.6) is 0 Å². The van der Waals surface area contributed by atoms with Gasteiger partial charge in [-0.15, -0.1) is 0 Å². The molecule has 1 aromatic carbocycles. The fraction of sp³-hybridized carbons (Fsp3) is 0.312. The molecule has 1 aromatic heterocycles. The number of hydrogen-bond donors (Lipinski definition) is 1. The van der Waals surface area contributed by atoms with Gasteiger partial charge in [0.05, 0.1) is 6.54 Å². The first kappa shape index (κ1) is 14.8. The zero-order chi connectivity index (χ0) is 15.4. The largest absolute Gasteiger partial charge is 0.347 e. The molecule has 0 saturated carbocycles. The summed E-state index contributed by atoms with van der Waals surface area (Å²) in [5.41, 5.74) is 0.822. The third-order valence-electron chi connectivity index (χ3n) is 3.62. The van der Waals surface area contributed by atoms with E-state index in [1.807, 2.05) is 12.1 Å². The maximum absolute atomic E-state index is 12.0. The van der Waals surface area contributed by atoms with E-state index in [2.05, 4.69) is 27.6 Å². The van der Waals surface area contributed by atoms with Gasteiger partial charge in [-0.1, -0.05) is 28.9 Å². The summed E-state index contributed by atoms with van der Waals surface area (Å²) in [5.74, 6) is 0.963. The van der Waals surface area contributed by atoms with E-state index in [1.54, 1.807) is 12.1 Å². The lowest BCUT2D eigenvalue weighted by molar-refractivity contribution is -0.125. The standard InChI is InChI=1S/C16H16ClN3O2/c17-13-8-6-11(7-9-13)15-19-14(22-20-15)10-18-16(21)12-4-2-1-3-5-12/h1-2,6-9,12H,3-5,10H2,(H,18,21)/t12-/m1/s1. The van der Waals surface area contributed by atoms with Gasteiger partial charge in [-0.3, -0.25) is 4.79 Å². The van der Waals surface area contributed by atoms with E-state index < -0.39 is 0 Å². The molecule has 0 unspecified atom stereocenters. The van der Waals surface area contributed by atoms with E-state index in [4.69, 9.17) is 16.1 Å². The van der Waals surface area contributed by atoms with Gasteiger partial charge in [0, 0.05) is 16.5 Å². The van der Waals surface area contributed by atoms with Crippen LogP contribution in [-0.4, -0.2) is 16.0 Å². The first-order valence-electron chi connectivity index (χ1n) is 7.23. The fourth-order valence-electron chi connectivity index (χ4n) is 2.38. The Labute approximate surface area is 133 Å². The SMILES string of the molecule is O=C(NCc1nc(-c2ccc(Cl)cc2)no1)[C@@H]1CC=CCC1. The minimum absolute atomic E-state index is 0.0376. The number of nitrogens with one attached hydrogen (secondary N) is 1. The molecule has 2 aromatic rings. The average molecular weight is 318 g/mol. The van der Waals surface area contributed by atoms with Gasteiger partial charge < -0.3 is 9.84 Å². The van der Waals surface area contributed by atoms with Crippen molar-refractivity contribution in [2.45, 2.75) is 25.8 Å². The van der Waals surface area contributed by atoms with Crippen molar-refractivity contribution >= 4 is 17.5 Å². The van der Waals surface area contributed by atoms with Gasteiger partial charge in [0.15, 0.2) is 0 Å². The number of amides is 1. The molecular formula is C16H16ClN3O2. The molecule has 1 aliphatic carbocycles. The quantitative estimate of drug-likeness (QED) is 0.878. The highest BCUT2D eigenvalue weighted by Crippen LogP contribution is 2.20. The lowest BCUT2D eigenvalue weighted by atomic mass is 9.94. The van der Waals surface area contributed by atoms with Crippen molar-refractivity contribution < 1.29 is 9.32 Å². The lowest BCUT2D eigenvalue weighted by Gasteiger charge is -2.16. The summed E-state index contributed by atoms with van der Waals surface area (Å²) in [6, 6.07) is 7.18. The highest BCUT2D eigenvalue weighted by atomic mass is 35.5. The summed E-state index contributed by atoms with van der Waals surface area (Å²) in [6.45, 7) is 0.250. The highest BCUT2D eigenvalue weighted by molar-refractivity contribution is 6.30. The summed E-state index contributed by atoms with van der Waals surface area (Å²) in [7, 11) is 0. The van der Waals surface area contributed by atoms with E-state index in [0.29, 0.717) is 16.7 Å². The van der Waals surface area contributed by atoms with Crippen LogP contribution in [0.3, 0.4) is 0 Å². The Hall–Kier alpha value is -2.14. The molecule has 5 nitrogen and oxygen atoms in total. The van der Waals surface area contributed by atoms with Crippen LogP contribution in [0.15, 0.2) is 40.9 Å². The topological polar surface area (TPSA) is 68.0 Å². The van der Waals surface area contributed by atoms with Gasteiger partial charge in [-0.25, -0.2) is 0 Å². The Bertz CT molecular complexity index is 679. The summed E-state index contributed by atoms with van der Waals surface area (Å²) >= 11 is 5.85. The third kappa shape index (κ3) is 3.54. The summed E-state index contributed by atoms with van der Waals surface area (Å²) < 4.78 is 5.16. The average Bonchev–Trinajstić information content (AvgIpc) is 3.03. The van der Waals surface area contributed by atoms with Gasteiger partial charge in [0.25, 0.3) is 0 Å². The highest BCUT2D eigenvalue weighted by Gasteiger charge is 2.19. The molecule has 6 heteroatoms. The molecule has 1 atom stereocenters. The van der Waals surface area contributed by atoms with E-state index in [9.17, 15) is 4.79 Å². The number of hydrogen-bond acceptors (Lipinski definition) is 4. The maximum Gasteiger partial charge on any atom is 0.246 e. The van der Waals surface area contributed by atoms with Crippen LogP contribution in [-0.2, 0) is 11.3 Å². The van der Waals surface area contributed by atoms with Crippen LogP contribution in [0, 0.1) is 5.92 Å². The first-order valence-corrected chi connectivity index (χ1v) is 7.61. The van der Waals surface area contributed by atoms with Gasteiger partial charge in [0.1, 0.15) is 0 Å². The molecule has 1 aliphatic rings. The van der Waals surface area contributed by atoms with Gasteiger partial charge in [-0.05, 0) is 43.5 Å². The van der Waals surface area contributed by atoms with Gasteiger partial charge in [0.2, 0.25) is 17.6 Å². The number of halogens is 1. The van der Waals surface area contributed by atoms with Crippen LogP contribution >= 0.6 is 11.6 Å². The van der Waals surface area contributed by atoms with Crippen molar-refractivity contribution in [1.29, 1.82) is 0 Å². The number of carbonyl (C=O) groups is 1. The molecule has 3 rings (SSSR count). The second-order valence-corrected chi connectivity index (χ2v) is 5.65. The molecule has 1 N–H and O–H groups in total. The minimum Gasteiger partial charge on any atom is -0.347 e. The van der Waals surface area contributed by atoms with Crippen molar-refractivity contribution in [3.63, 3.8) is 0 Å². The van der Waals surface area contributed by atoms with Gasteiger partial charge >= 0.3 is 0 Å². The lowest BCUT2D eigenvalue weighted by Crippen LogP contribution is -2.30. The maximum atomic E-state index is 12.0. The van der Waals surface area contributed by atoms with Crippen molar-refractivity contribution in [3.8, 4) is 11.4 Å². The smallest absolute Gasteiger partial charge is 0.246 e. The summed E-state index contributed by atoms with van der Waals surface area (Å²) in [6.07, 6.45) is 6.81. The van der Waals surface area contributed by atoms with E-state index in [-0.39, 0.29) is 18.4 Å². The predicted octanol–water partition coefficient (Wildman–Crippen LogP) is 3.36. The molecular weight excluding hydrogens is 302 g/mol. The van der Waals surface area contributed by atoms with Gasteiger partial charge in [-0.2, -0.15) is 4.98 Å². The molecule has 0 saturated heterocycles. The van der Waals surface area contributed by atoms with Crippen molar-refractivity contribution in [2.75, 3.05) is 0 Å². The normalized spacial score (nSPS) is 17.4. The second-order valence-electron chi connectivity index (χ2n) is 5.22. The zero-order valence-electron chi connectivity index (χ0n) is 12.0. The number of carbonyl (C=O) groups excluding carboxylic acids is 1. The molecule has 0 radical (unpaired) electrons. The Kier molecular flexibility index (Phi) is 4.53.